The predicted octanol–water partition coefficient (Wildman–Crippen LogP) is 3.53. The Morgan fingerprint density at radius 1 is 0.882 bits per heavy atom. The summed E-state index contributed by atoms with van der Waals surface area (Å²) in [6, 6.07) is 21.9. The van der Waals surface area contributed by atoms with Crippen LogP contribution < -0.4 is 17.0 Å². The van der Waals surface area contributed by atoms with Crippen molar-refractivity contribution < 1.29 is 9.53 Å². The number of esters is 1. The highest BCUT2D eigenvalue weighted by molar-refractivity contribution is 5.80. The van der Waals surface area contributed by atoms with Gasteiger partial charge in [0.25, 0.3) is 5.56 Å². The first-order valence-corrected chi connectivity index (χ1v) is 11.0. The molecule has 0 saturated carbocycles. The SMILES string of the molecule is CCOC(=O)Cn1c(=O)n(Cc2ccc(C=Cc3ccc(N)cc3)cc2)c(=O)c2ccccc21. The standard InChI is InChI=1S/C27H25N3O4/c1-2-34-25(31)18-29-24-6-4-3-5-23(24)26(32)30(27(29)33)17-21-11-9-19(10-12-21)7-8-20-13-15-22(28)16-14-20/h3-16H,2,17-18,28H2,1H3. The molecule has 0 amide bonds. The second-order valence-electron chi connectivity index (χ2n) is 7.82. The summed E-state index contributed by atoms with van der Waals surface area (Å²) in [5, 5.41) is 0.370. The van der Waals surface area contributed by atoms with E-state index in [2.05, 4.69) is 0 Å². The molecular weight excluding hydrogens is 430 g/mol. The molecule has 0 aliphatic rings. The average molecular weight is 456 g/mol. The molecule has 0 radical (unpaired) electrons. The van der Waals surface area contributed by atoms with Crippen LogP contribution in [0.4, 0.5) is 5.69 Å². The van der Waals surface area contributed by atoms with Gasteiger partial charge in [0.2, 0.25) is 0 Å². The molecule has 0 spiro atoms. The largest absolute Gasteiger partial charge is 0.465 e. The molecule has 0 aliphatic heterocycles. The summed E-state index contributed by atoms with van der Waals surface area (Å²) in [5.74, 6) is -0.530. The van der Waals surface area contributed by atoms with Crippen LogP contribution in [0.5, 0.6) is 0 Å². The maximum Gasteiger partial charge on any atom is 0.332 e. The van der Waals surface area contributed by atoms with Gasteiger partial charge in [0, 0.05) is 5.69 Å². The summed E-state index contributed by atoms with van der Waals surface area (Å²) in [5.41, 5.74) is 8.69. The fraction of sp³-hybridized carbons (Fsp3) is 0.148. The van der Waals surface area contributed by atoms with E-state index in [9.17, 15) is 14.4 Å². The van der Waals surface area contributed by atoms with Gasteiger partial charge in [-0.1, -0.05) is 60.7 Å². The van der Waals surface area contributed by atoms with Crippen molar-refractivity contribution in [2.45, 2.75) is 20.0 Å². The van der Waals surface area contributed by atoms with Crippen LogP contribution >= 0.6 is 0 Å². The molecule has 34 heavy (non-hydrogen) atoms. The van der Waals surface area contributed by atoms with E-state index in [1.165, 1.54) is 4.57 Å². The first kappa shape index (κ1) is 22.8. The van der Waals surface area contributed by atoms with Crippen LogP contribution in [-0.2, 0) is 22.6 Å². The minimum atomic E-state index is -0.552. The van der Waals surface area contributed by atoms with Gasteiger partial charge in [0.1, 0.15) is 6.54 Å². The Bertz CT molecular complexity index is 1460. The van der Waals surface area contributed by atoms with Crippen molar-refractivity contribution in [1.29, 1.82) is 0 Å². The number of rotatable bonds is 7. The van der Waals surface area contributed by atoms with Crippen LogP contribution in [0, 0.1) is 0 Å². The van der Waals surface area contributed by atoms with Crippen molar-refractivity contribution in [3.8, 4) is 0 Å². The van der Waals surface area contributed by atoms with E-state index in [4.69, 9.17) is 10.5 Å². The van der Waals surface area contributed by atoms with Crippen molar-refractivity contribution in [2.24, 2.45) is 0 Å². The van der Waals surface area contributed by atoms with E-state index in [0.717, 1.165) is 21.3 Å². The molecule has 0 fully saturated rings. The van der Waals surface area contributed by atoms with E-state index >= 15 is 0 Å². The normalized spacial score (nSPS) is 11.2. The van der Waals surface area contributed by atoms with Gasteiger partial charge in [0.05, 0.1) is 24.1 Å². The Hall–Kier alpha value is -4.39. The zero-order chi connectivity index (χ0) is 24.1. The smallest absolute Gasteiger partial charge is 0.332 e. The molecule has 4 aromatic rings. The fourth-order valence-corrected chi connectivity index (χ4v) is 3.72. The zero-order valence-corrected chi connectivity index (χ0v) is 18.8. The summed E-state index contributed by atoms with van der Waals surface area (Å²) >= 11 is 0. The molecule has 7 heteroatoms. The molecular formula is C27H25N3O4. The van der Waals surface area contributed by atoms with E-state index < -0.39 is 17.2 Å². The first-order valence-electron chi connectivity index (χ1n) is 11.0. The highest BCUT2D eigenvalue weighted by Crippen LogP contribution is 2.13. The number of aromatic nitrogens is 2. The summed E-state index contributed by atoms with van der Waals surface area (Å²) in [7, 11) is 0. The van der Waals surface area contributed by atoms with Crippen molar-refractivity contribution >= 4 is 34.7 Å². The zero-order valence-electron chi connectivity index (χ0n) is 18.8. The number of hydrogen-bond donors (Lipinski definition) is 1. The monoisotopic (exact) mass is 455 g/mol. The molecule has 1 heterocycles. The molecule has 1 aromatic heterocycles. The Labute approximate surface area is 196 Å². The third-order valence-electron chi connectivity index (χ3n) is 5.45. The summed E-state index contributed by atoms with van der Waals surface area (Å²) in [6.45, 7) is 1.74. The second kappa shape index (κ2) is 10.0. The van der Waals surface area contributed by atoms with Gasteiger partial charge in [-0.2, -0.15) is 0 Å². The van der Waals surface area contributed by atoms with Crippen LogP contribution in [0.1, 0.15) is 23.6 Å². The Kier molecular flexibility index (Phi) is 6.73. The Balaban J connectivity index is 1.64. The molecule has 0 aliphatic carbocycles. The third-order valence-corrected chi connectivity index (χ3v) is 5.45. The number of para-hydroxylation sites is 1. The van der Waals surface area contributed by atoms with Crippen molar-refractivity contribution in [2.75, 3.05) is 12.3 Å². The lowest BCUT2D eigenvalue weighted by molar-refractivity contribution is -0.143. The molecule has 0 saturated heterocycles. The maximum absolute atomic E-state index is 13.2. The van der Waals surface area contributed by atoms with Gasteiger partial charge in [-0.05, 0) is 47.9 Å². The lowest BCUT2D eigenvalue weighted by Gasteiger charge is -2.14. The second-order valence-corrected chi connectivity index (χ2v) is 7.82. The number of hydrogen-bond acceptors (Lipinski definition) is 5. The highest BCUT2D eigenvalue weighted by Gasteiger charge is 2.16. The minimum Gasteiger partial charge on any atom is -0.465 e. The van der Waals surface area contributed by atoms with E-state index in [-0.39, 0.29) is 19.7 Å². The number of benzene rings is 3. The topological polar surface area (TPSA) is 96.3 Å². The highest BCUT2D eigenvalue weighted by atomic mass is 16.5. The Morgan fingerprint density at radius 2 is 1.50 bits per heavy atom. The van der Waals surface area contributed by atoms with Gasteiger partial charge in [-0.15, -0.1) is 0 Å². The first-order chi connectivity index (χ1) is 16.5. The van der Waals surface area contributed by atoms with Crippen molar-refractivity contribution in [3.05, 3.63) is 110 Å². The minimum absolute atomic E-state index is 0.0906. The number of fused-ring (bicyclic) bond motifs is 1. The van der Waals surface area contributed by atoms with E-state index in [0.29, 0.717) is 16.6 Å². The molecule has 0 bridgehead atoms. The molecule has 2 N–H and O–H groups in total. The fourth-order valence-electron chi connectivity index (χ4n) is 3.72. The van der Waals surface area contributed by atoms with Crippen LogP contribution in [0.3, 0.4) is 0 Å². The number of ether oxygens (including phenoxy) is 1. The van der Waals surface area contributed by atoms with E-state index in [1.807, 2.05) is 60.7 Å². The van der Waals surface area contributed by atoms with Crippen molar-refractivity contribution in [3.63, 3.8) is 0 Å². The third kappa shape index (κ3) is 4.99. The molecule has 3 aromatic carbocycles. The van der Waals surface area contributed by atoms with Crippen LogP contribution in [0.15, 0.2) is 82.4 Å². The summed E-state index contributed by atoms with van der Waals surface area (Å²) in [6.07, 6.45) is 3.96. The van der Waals surface area contributed by atoms with Gasteiger partial charge in [-0.3, -0.25) is 18.7 Å². The number of anilines is 1. The lowest BCUT2D eigenvalue weighted by atomic mass is 10.1. The van der Waals surface area contributed by atoms with Gasteiger partial charge >= 0.3 is 11.7 Å². The van der Waals surface area contributed by atoms with Crippen LogP contribution in [-0.4, -0.2) is 21.7 Å². The molecule has 0 unspecified atom stereocenters. The van der Waals surface area contributed by atoms with Crippen LogP contribution in [0.25, 0.3) is 23.1 Å². The molecule has 7 nitrogen and oxygen atoms in total. The van der Waals surface area contributed by atoms with Gasteiger partial charge < -0.3 is 10.5 Å². The van der Waals surface area contributed by atoms with Gasteiger partial charge in [-0.25, -0.2) is 4.79 Å². The molecule has 4 rings (SSSR count). The predicted molar refractivity (Wildman–Crippen MR) is 134 cm³/mol. The number of carbonyl (C=O) groups excluding carboxylic acids is 1. The quantitative estimate of drug-likeness (QED) is 0.261. The molecule has 172 valence electrons. The summed E-state index contributed by atoms with van der Waals surface area (Å²) < 4.78 is 7.46. The number of nitrogen functional groups attached to an aromatic ring is 1. The number of nitrogens with two attached hydrogens (primary N) is 1. The molecule has 0 atom stereocenters. The number of nitrogens with zero attached hydrogens (tertiary/aromatic N) is 2. The van der Waals surface area contributed by atoms with E-state index in [1.54, 1.807) is 31.2 Å². The maximum atomic E-state index is 13.2. The summed E-state index contributed by atoms with van der Waals surface area (Å²) in [4.78, 5) is 38.4. The number of carbonyl (C=O) groups is 1. The van der Waals surface area contributed by atoms with Crippen molar-refractivity contribution in [1.82, 2.24) is 9.13 Å². The van der Waals surface area contributed by atoms with Crippen LogP contribution in [0.2, 0.25) is 0 Å². The average Bonchev–Trinajstić information content (AvgIpc) is 2.85. The Morgan fingerprint density at radius 3 is 2.15 bits per heavy atom. The lowest BCUT2D eigenvalue weighted by Crippen LogP contribution is -2.41. The van der Waals surface area contributed by atoms with Gasteiger partial charge in [0.15, 0.2) is 0 Å².